The molecule has 1 heterocycles. The fourth-order valence-electron chi connectivity index (χ4n) is 1.20. The summed E-state index contributed by atoms with van der Waals surface area (Å²) in [5.41, 5.74) is 3.39. The van der Waals surface area contributed by atoms with Crippen LogP contribution in [0.4, 0.5) is 6.01 Å². The van der Waals surface area contributed by atoms with Crippen molar-refractivity contribution in [3.05, 3.63) is 40.1 Å². The molecule has 0 bridgehead atoms. The van der Waals surface area contributed by atoms with Gasteiger partial charge in [0.25, 0.3) is 0 Å². The summed E-state index contributed by atoms with van der Waals surface area (Å²) in [6.07, 6.45) is 0.604. The molecule has 5 nitrogen and oxygen atoms in total. The van der Waals surface area contributed by atoms with Gasteiger partial charge < -0.3 is 4.52 Å². The Labute approximate surface area is 94.8 Å². The summed E-state index contributed by atoms with van der Waals surface area (Å²) in [4.78, 5) is 4.03. The van der Waals surface area contributed by atoms with Crippen LogP contribution < -0.4 is 11.3 Å². The second-order valence-corrected chi connectivity index (χ2v) is 3.78. The molecule has 1 aromatic heterocycles. The zero-order valence-corrected chi connectivity index (χ0v) is 9.36. The zero-order valence-electron chi connectivity index (χ0n) is 7.77. The number of nitrogens with zero attached hydrogens (tertiary/aromatic N) is 2. The highest BCUT2D eigenvalue weighted by Crippen LogP contribution is 2.18. The van der Waals surface area contributed by atoms with Gasteiger partial charge in [0.2, 0.25) is 0 Å². The second-order valence-electron chi connectivity index (χ2n) is 2.93. The lowest BCUT2D eigenvalue weighted by Crippen LogP contribution is -2.06. The lowest BCUT2D eigenvalue weighted by molar-refractivity contribution is 0.424. The van der Waals surface area contributed by atoms with E-state index in [2.05, 4.69) is 31.5 Å². The number of nitrogens with one attached hydrogen (secondary N) is 1. The molecule has 6 heteroatoms. The molecule has 0 saturated heterocycles. The Bertz CT molecular complexity index is 457. The fourth-order valence-corrected chi connectivity index (χ4v) is 1.62. The average Bonchev–Trinajstić information content (AvgIpc) is 2.69. The normalized spacial score (nSPS) is 10.3. The number of rotatable bonds is 3. The molecule has 0 atom stereocenters. The predicted molar refractivity (Wildman–Crippen MR) is 59.1 cm³/mol. The number of aromatic nitrogens is 2. The van der Waals surface area contributed by atoms with E-state index in [1.807, 2.05) is 24.3 Å². The molecular weight excluding hydrogens is 260 g/mol. The molecule has 0 aliphatic heterocycles. The summed E-state index contributed by atoms with van der Waals surface area (Å²) < 4.78 is 5.84. The Kier molecular flexibility index (Phi) is 2.98. The monoisotopic (exact) mass is 268 g/mol. The number of hydrogen-bond donors (Lipinski definition) is 2. The van der Waals surface area contributed by atoms with Crippen molar-refractivity contribution in [2.45, 2.75) is 6.42 Å². The number of benzene rings is 1. The van der Waals surface area contributed by atoms with Crippen LogP contribution in [0.3, 0.4) is 0 Å². The molecule has 78 valence electrons. The molecule has 3 N–H and O–H groups in total. The fraction of sp³-hybridized carbons (Fsp3) is 0.111. The molecule has 1 aromatic carbocycles. The minimum Gasteiger partial charge on any atom is -0.314 e. The maximum Gasteiger partial charge on any atom is 0.335 e. The average molecular weight is 269 g/mol. The second kappa shape index (κ2) is 4.41. The first-order valence-electron chi connectivity index (χ1n) is 4.32. The van der Waals surface area contributed by atoms with Crippen LogP contribution in [0.25, 0.3) is 0 Å². The maximum atomic E-state index is 5.13. The minimum absolute atomic E-state index is 0.219. The Morgan fingerprint density at radius 3 is 2.87 bits per heavy atom. The van der Waals surface area contributed by atoms with Crippen molar-refractivity contribution in [2.75, 3.05) is 5.43 Å². The lowest BCUT2D eigenvalue weighted by Gasteiger charge is -1.99. The molecule has 2 aromatic rings. The maximum absolute atomic E-state index is 5.13. The summed E-state index contributed by atoms with van der Waals surface area (Å²) in [7, 11) is 0. The van der Waals surface area contributed by atoms with Crippen molar-refractivity contribution < 1.29 is 4.52 Å². The highest BCUT2D eigenvalue weighted by Gasteiger charge is 2.07. The van der Waals surface area contributed by atoms with Gasteiger partial charge in [-0.2, -0.15) is 4.98 Å². The summed E-state index contributed by atoms with van der Waals surface area (Å²) in [6.45, 7) is 0. The molecule has 0 fully saturated rings. The van der Waals surface area contributed by atoms with Crippen molar-refractivity contribution in [1.82, 2.24) is 10.1 Å². The van der Waals surface area contributed by atoms with Crippen LogP contribution in [0.2, 0.25) is 0 Å². The lowest BCUT2D eigenvalue weighted by atomic mass is 10.1. The molecular formula is C9H9BrN4O. The first-order chi connectivity index (χ1) is 7.29. The van der Waals surface area contributed by atoms with Gasteiger partial charge >= 0.3 is 6.01 Å². The van der Waals surface area contributed by atoms with Gasteiger partial charge in [-0.05, 0) is 11.6 Å². The van der Waals surface area contributed by atoms with Crippen molar-refractivity contribution in [3.8, 4) is 0 Å². The minimum atomic E-state index is 0.219. The van der Waals surface area contributed by atoms with E-state index >= 15 is 0 Å². The van der Waals surface area contributed by atoms with Crippen molar-refractivity contribution >= 4 is 21.9 Å². The number of hydrogen-bond acceptors (Lipinski definition) is 5. The first-order valence-corrected chi connectivity index (χ1v) is 5.11. The third-order valence-electron chi connectivity index (χ3n) is 1.90. The highest BCUT2D eigenvalue weighted by atomic mass is 79.9. The van der Waals surface area contributed by atoms with E-state index in [1.165, 1.54) is 0 Å². The van der Waals surface area contributed by atoms with Crippen LogP contribution in [-0.2, 0) is 6.42 Å². The van der Waals surface area contributed by atoms with Crippen LogP contribution in [0.15, 0.2) is 33.3 Å². The quantitative estimate of drug-likeness (QED) is 0.655. The van der Waals surface area contributed by atoms with Gasteiger partial charge in [0.1, 0.15) is 0 Å². The van der Waals surface area contributed by atoms with Crippen LogP contribution in [0, 0.1) is 0 Å². The summed E-state index contributed by atoms with van der Waals surface area (Å²) in [5.74, 6) is 5.72. The Morgan fingerprint density at radius 2 is 2.20 bits per heavy atom. The Balaban J connectivity index is 2.18. The zero-order chi connectivity index (χ0) is 10.7. The van der Waals surface area contributed by atoms with Crippen molar-refractivity contribution in [2.24, 2.45) is 5.84 Å². The molecule has 0 saturated carbocycles. The summed E-state index contributed by atoms with van der Waals surface area (Å²) >= 11 is 3.45. The van der Waals surface area contributed by atoms with Gasteiger partial charge in [-0.25, -0.2) is 5.84 Å². The van der Waals surface area contributed by atoms with Crippen molar-refractivity contribution in [3.63, 3.8) is 0 Å². The van der Waals surface area contributed by atoms with Gasteiger partial charge in [-0.1, -0.05) is 39.3 Å². The van der Waals surface area contributed by atoms with E-state index in [9.17, 15) is 0 Å². The summed E-state index contributed by atoms with van der Waals surface area (Å²) in [6, 6.07) is 8.10. The largest absolute Gasteiger partial charge is 0.335 e. The smallest absolute Gasteiger partial charge is 0.314 e. The van der Waals surface area contributed by atoms with E-state index in [-0.39, 0.29) is 6.01 Å². The van der Waals surface area contributed by atoms with Gasteiger partial charge in [0.15, 0.2) is 5.82 Å². The molecule has 0 radical (unpaired) electrons. The molecule has 0 spiro atoms. The third-order valence-corrected chi connectivity index (χ3v) is 2.67. The number of anilines is 1. The standard InChI is InChI=1S/C9H9BrN4O/c10-7-4-2-1-3-6(7)5-8-12-9(13-11)15-14-8/h1-4H,5,11H2,(H,12,13,14). The van der Waals surface area contributed by atoms with Gasteiger partial charge in [-0.15, -0.1) is 0 Å². The van der Waals surface area contributed by atoms with E-state index < -0.39 is 0 Å². The summed E-state index contributed by atoms with van der Waals surface area (Å²) in [5, 5.41) is 3.77. The van der Waals surface area contributed by atoms with Crippen LogP contribution >= 0.6 is 15.9 Å². The highest BCUT2D eigenvalue weighted by molar-refractivity contribution is 9.10. The third kappa shape index (κ3) is 2.34. The van der Waals surface area contributed by atoms with Crippen molar-refractivity contribution in [1.29, 1.82) is 0 Å². The van der Waals surface area contributed by atoms with Crippen LogP contribution in [0.1, 0.15) is 11.4 Å². The molecule has 0 aliphatic rings. The Hall–Kier alpha value is -1.40. The number of nitrogens with two attached hydrogens (primary N) is 1. The van der Waals surface area contributed by atoms with E-state index in [1.54, 1.807) is 0 Å². The van der Waals surface area contributed by atoms with E-state index in [0.29, 0.717) is 12.2 Å². The number of nitrogen functional groups attached to an aromatic ring is 1. The SMILES string of the molecule is NNc1nc(Cc2ccccc2Br)no1. The molecule has 0 unspecified atom stereocenters. The molecule has 15 heavy (non-hydrogen) atoms. The predicted octanol–water partition coefficient (Wildman–Crippen LogP) is 1.71. The first kappa shape index (κ1) is 10.1. The number of hydrazine groups is 1. The Morgan fingerprint density at radius 1 is 1.40 bits per heavy atom. The molecule has 0 aliphatic carbocycles. The van der Waals surface area contributed by atoms with E-state index in [0.717, 1.165) is 10.0 Å². The van der Waals surface area contributed by atoms with Crippen LogP contribution in [0.5, 0.6) is 0 Å². The molecule has 2 rings (SSSR count). The number of halogens is 1. The van der Waals surface area contributed by atoms with Gasteiger partial charge in [-0.3, -0.25) is 5.43 Å². The van der Waals surface area contributed by atoms with E-state index in [4.69, 9.17) is 10.4 Å². The molecule has 0 amide bonds. The van der Waals surface area contributed by atoms with Crippen LogP contribution in [-0.4, -0.2) is 10.1 Å². The van der Waals surface area contributed by atoms with Gasteiger partial charge in [0.05, 0.1) is 0 Å². The topological polar surface area (TPSA) is 77.0 Å². The van der Waals surface area contributed by atoms with Gasteiger partial charge in [0, 0.05) is 10.9 Å².